The maximum absolute atomic E-state index is 11.6. The number of nitriles is 1. The van der Waals surface area contributed by atoms with Crippen molar-refractivity contribution in [3.05, 3.63) is 0 Å². The summed E-state index contributed by atoms with van der Waals surface area (Å²) in [6.45, 7) is 3.39. The number of rotatable bonds is 5. The first kappa shape index (κ1) is 13.2. The smallest absolute Gasteiger partial charge is 0.291 e. The number of halogens is 3. The van der Waals surface area contributed by atoms with Gasteiger partial charge in [-0.2, -0.15) is 5.26 Å². The number of nitrogens with zero attached hydrogens (tertiary/aromatic N) is 2. The zero-order valence-electron chi connectivity index (χ0n) is 8.14. The van der Waals surface area contributed by atoms with Gasteiger partial charge < -0.3 is 0 Å². The Morgan fingerprint density at radius 2 is 2.00 bits per heavy atom. The van der Waals surface area contributed by atoms with Crippen LogP contribution in [0.25, 0.3) is 0 Å². The highest BCUT2D eigenvalue weighted by Crippen LogP contribution is 2.15. The van der Waals surface area contributed by atoms with Crippen LogP contribution in [0.2, 0.25) is 0 Å². The topological polar surface area (TPSA) is 36.3 Å². The van der Waals surface area contributed by atoms with Crippen molar-refractivity contribution in [3.8, 4) is 6.07 Å². The lowest BCUT2D eigenvalue weighted by molar-refractivity contribution is -0.325. The van der Waals surface area contributed by atoms with Crippen molar-refractivity contribution in [1.82, 2.24) is 4.90 Å². The quantitative estimate of drug-likeness (QED) is 0.649. The number of hydrogen-bond acceptors (Lipinski definition) is 3. The Morgan fingerprint density at radius 3 is 2.36 bits per heavy atom. The predicted molar refractivity (Wildman–Crippen MR) is 44.3 cm³/mol. The summed E-state index contributed by atoms with van der Waals surface area (Å²) in [7, 11) is 0. The Bertz CT molecular complexity index is 198. The first-order chi connectivity index (χ1) is 6.37. The van der Waals surface area contributed by atoms with Gasteiger partial charge >= 0.3 is 6.36 Å². The van der Waals surface area contributed by atoms with Crippen LogP contribution >= 0.6 is 0 Å². The Hall–Kier alpha value is -0.800. The third kappa shape index (κ3) is 6.69. The lowest BCUT2D eigenvalue weighted by Crippen LogP contribution is -2.35. The van der Waals surface area contributed by atoms with Crippen LogP contribution in [-0.4, -0.2) is 37.0 Å². The molecular weight excluding hydrogens is 197 g/mol. The second kappa shape index (κ2) is 5.83. The number of alkyl halides is 3. The SMILES string of the molecule is CC(C)N(CC#N)CCOC(F)(F)F. The van der Waals surface area contributed by atoms with E-state index >= 15 is 0 Å². The van der Waals surface area contributed by atoms with Gasteiger partial charge in [-0.25, -0.2) is 0 Å². The lowest BCUT2D eigenvalue weighted by Gasteiger charge is -2.23. The average molecular weight is 210 g/mol. The Morgan fingerprint density at radius 1 is 1.43 bits per heavy atom. The van der Waals surface area contributed by atoms with Crippen LogP contribution in [0.15, 0.2) is 0 Å². The third-order valence-electron chi connectivity index (χ3n) is 1.65. The van der Waals surface area contributed by atoms with Gasteiger partial charge in [0.2, 0.25) is 0 Å². The fraction of sp³-hybridized carbons (Fsp3) is 0.875. The van der Waals surface area contributed by atoms with Crippen molar-refractivity contribution in [2.24, 2.45) is 0 Å². The standard InChI is InChI=1S/C8H13F3N2O/c1-7(2)13(4-3-12)5-6-14-8(9,10)11/h7H,4-6H2,1-2H3. The molecule has 0 saturated heterocycles. The van der Waals surface area contributed by atoms with E-state index in [1.165, 1.54) is 0 Å². The molecule has 0 aromatic rings. The molecule has 3 nitrogen and oxygen atoms in total. The Kier molecular flexibility index (Phi) is 5.50. The van der Waals surface area contributed by atoms with Crippen molar-refractivity contribution in [1.29, 1.82) is 5.26 Å². The van der Waals surface area contributed by atoms with Gasteiger partial charge in [0.05, 0.1) is 19.2 Å². The van der Waals surface area contributed by atoms with E-state index in [-0.39, 0.29) is 19.1 Å². The Balaban J connectivity index is 3.79. The van der Waals surface area contributed by atoms with Crippen molar-refractivity contribution >= 4 is 0 Å². The van der Waals surface area contributed by atoms with Crippen molar-refractivity contribution in [3.63, 3.8) is 0 Å². The molecule has 82 valence electrons. The third-order valence-corrected chi connectivity index (χ3v) is 1.65. The summed E-state index contributed by atoms with van der Waals surface area (Å²) >= 11 is 0. The summed E-state index contributed by atoms with van der Waals surface area (Å²) < 4.78 is 38.4. The number of ether oxygens (including phenoxy) is 1. The van der Waals surface area contributed by atoms with Crippen molar-refractivity contribution < 1.29 is 17.9 Å². The molecular formula is C8H13F3N2O. The summed E-state index contributed by atoms with van der Waals surface area (Å²) in [6, 6.07) is 1.92. The highest BCUT2D eigenvalue weighted by molar-refractivity contribution is 4.78. The van der Waals surface area contributed by atoms with Crippen LogP contribution in [0.3, 0.4) is 0 Å². The van der Waals surface area contributed by atoms with Gasteiger partial charge in [0.15, 0.2) is 0 Å². The molecule has 0 fully saturated rings. The second-order valence-electron chi connectivity index (χ2n) is 3.02. The van der Waals surface area contributed by atoms with E-state index < -0.39 is 13.0 Å². The minimum absolute atomic E-state index is 0.0338. The van der Waals surface area contributed by atoms with Crippen LogP contribution in [0, 0.1) is 11.3 Å². The first-order valence-electron chi connectivity index (χ1n) is 4.18. The van der Waals surface area contributed by atoms with E-state index in [0.29, 0.717) is 0 Å². The highest BCUT2D eigenvalue weighted by atomic mass is 19.4. The zero-order valence-corrected chi connectivity index (χ0v) is 8.14. The van der Waals surface area contributed by atoms with Gasteiger partial charge in [0.1, 0.15) is 0 Å². The fourth-order valence-corrected chi connectivity index (χ4v) is 0.889. The molecule has 14 heavy (non-hydrogen) atoms. The van der Waals surface area contributed by atoms with Gasteiger partial charge in [-0.1, -0.05) is 0 Å². The summed E-state index contributed by atoms with van der Waals surface area (Å²) in [4.78, 5) is 1.60. The molecule has 0 unspecified atom stereocenters. The van der Waals surface area contributed by atoms with E-state index in [4.69, 9.17) is 5.26 Å². The normalized spacial score (nSPS) is 12.1. The molecule has 0 radical (unpaired) electrons. The summed E-state index contributed by atoms with van der Waals surface area (Å²) in [6.07, 6.45) is -4.59. The van der Waals surface area contributed by atoms with Gasteiger partial charge in [0, 0.05) is 12.6 Å². The molecule has 0 spiro atoms. The summed E-state index contributed by atoms with van der Waals surface area (Å²) in [5.41, 5.74) is 0. The minimum Gasteiger partial charge on any atom is -0.291 e. The molecule has 0 aliphatic carbocycles. The summed E-state index contributed by atoms with van der Waals surface area (Å²) in [5.74, 6) is 0. The van der Waals surface area contributed by atoms with E-state index in [9.17, 15) is 13.2 Å². The molecule has 0 bridgehead atoms. The van der Waals surface area contributed by atoms with E-state index in [2.05, 4.69) is 4.74 Å². The molecule has 0 rings (SSSR count). The van der Waals surface area contributed by atoms with Crippen LogP contribution in [-0.2, 0) is 4.74 Å². The van der Waals surface area contributed by atoms with E-state index in [1.807, 2.05) is 19.9 Å². The zero-order chi connectivity index (χ0) is 11.2. The minimum atomic E-state index is -4.59. The maximum Gasteiger partial charge on any atom is 0.522 e. The average Bonchev–Trinajstić information content (AvgIpc) is 2.00. The molecule has 0 amide bonds. The van der Waals surface area contributed by atoms with Gasteiger partial charge in [-0.3, -0.25) is 9.64 Å². The summed E-state index contributed by atoms with van der Waals surface area (Å²) in [5, 5.41) is 8.39. The Labute approximate surface area is 81.1 Å². The fourth-order valence-electron chi connectivity index (χ4n) is 0.889. The molecule has 0 aliphatic rings. The molecule has 0 aromatic heterocycles. The first-order valence-corrected chi connectivity index (χ1v) is 4.18. The van der Waals surface area contributed by atoms with E-state index in [0.717, 1.165) is 0 Å². The largest absolute Gasteiger partial charge is 0.522 e. The number of hydrogen-bond donors (Lipinski definition) is 0. The molecule has 0 aromatic carbocycles. The van der Waals surface area contributed by atoms with Crippen LogP contribution < -0.4 is 0 Å². The molecule has 0 atom stereocenters. The van der Waals surface area contributed by atoms with Crippen LogP contribution in [0.4, 0.5) is 13.2 Å². The molecule has 6 heteroatoms. The second-order valence-corrected chi connectivity index (χ2v) is 3.02. The molecule has 0 heterocycles. The van der Waals surface area contributed by atoms with Crippen molar-refractivity contribution in [2.45, 2.75) is 26.3 Å². The van der Waals surface area contributed by atoms with Crippen LogP contribution in [0.1, 0.15) is 13.8 Å². The lowest BCUT2D eigenvalue weighted by atomic mass is 10.3. The molecule has 0 aliphatic heterocycles. The van der Waals surface area contributed by atoms with Gasteiger partial charge in [-0.15, -0.1) is 13.2 Å². The predicted octanol–water partition coefficient (Wildman–Crippen LogP) is 1.76. The monoisotopic (exact) mass is 210 g/mol. The van der Waals surface area contributed by atoms with Crippen molar-refractivity contribution in [2.75, 3.05) is 19.7 Å². The highest BCUT2D eigenvalue weighted by Gasteiger charge is 2.29. The molecule has 0 N–H and O–H groups in total. The van der Waals surface area contributed by atoms with E-state index in [1.54, 1.807) is 4.90 Å². The van der Waals surface area contributed by atoms with Gasteiger partial charge in [-0.05, 0) is 13.8 Å². The maximum atomic E-state index is 11.6. The van der Waals surface area contributed by atoms with Crippen LogP contribution in [0.5, 0.6) is 0 Å². The molecule has 0 saturated carbocycles. The van der Waals surface area contributed by atoms with Gasteiger partial charge in [0.25, 0.3) is 0 Å².